The number of hydrogen-bond acceptors (Lipinski definition) is 4. The zero-order valence-corrected chi connectivity index (χ0v) is 19.5. The van der Waals surface area contributed by atoms with Gasteiger partial charge in [0.1, 0.15) is 0 Å². The van der Waals surface area contributed by atoms with Crippen molar-refractivity contribution in [3.8, 4) is 0 Å². The van der Waals surface area contributed by atoms with Crippen molar-refractivity contribution in [3.63, 3.8) is 0 Å². The number of carbonyl (C=O) groups excluding carboxylic acids is 2. The van der Waals surface area contributed by atoms with E-state index in [0.29, 0.717) is 19.1 Å². The molecule has 5 rings (SSSR count). The van der Waals surface area contributed by atoms with Gasteiger partial charge in [-0.2, -0.15) is 0 Å². The number of aliphatic imine (C=N–C) groups is 1. The molecule has 2 aliphatic heterocycles. The van der Waals surface area contributed by atoms with Crippen LogP contribution in [0.4, 0.5) is 0 Å². The second kappa shape index (κ2) is 9.67. The van der Waals surface area contributed by atoms with Crippen molar-refractivity contribution >= 4 is 17.8 Å². The number of likely N-dealkylation sites (tertiary alicyclic amines) is 2. The monoisotopic (exact) mass is 449 g/mol. The predicted octanol–water partition coefficient (Wildman–Crippen LogP) is 2.01. The largest absolute Gasteiger partial charge is 0.357 e. The van der Waals surface area contributed by atoms with Gasteiger partial charge in [-0.05, 0) is 50.1 Å². The Balaban J connectivity index is 1.14. The van der Waals surface area contributed by atoms with Crippen LogP contribution in [0, 0.1) is 23.7 Å². The third-order valence-corrected chi connectivity index (χ3v) is 7.72. The smallest absolute Gasteiger partial charge is 0.233 e. The highest BCUT2D eigenvalue weighted by Gasteiger charge is 2.58. The summed E-state index contributed by atoms with van der Waals surface area (Å²) < 4.78 is 0. The Kier molecular flexibility index (Phi) is 6.49. The minimum absolute atomic E-state index is 0.0214. The maximum Gasteiger partial charge on any atom is 0.233 e. The fraction of sp³-hybridized carbons (Fsp3) is 0.577. The van der Waals surface area contributed by atoms with E-state index in [-0.39, 0.29) is 35.5 Å². The van der Waals surface area contributed by atoms with Crippen LogP contribution in [0.1, 0.15) is 31.7 Å². The summed E-state index contributed by atoms with van der Waals surface area (Å²) in [6, 6.07) is 11.0. The average molecular weight is 450 g/mol. The van der Waals surface area contributed by atoms with Crippen LogP contribution in [0.5, 0.6) is 0 Å². The Morgan fingerprint density at radius 2 is 1.79 bits per heavy atom. The van der Waals surface area contributed by atoms with E-state index in [1.165, 1.54) is 16.9 Å². The van der Waals surface area contributed by atoms with Gasteiger partial charge in [-0.15, -0.1) is 0 Å². The minimum atomic E-state index is -0.118. The summed E-state index contributed by atoms with van der Waals surface area (Å²) in [5.41, 5.74) is 1.34. The van der Waals surface area contributed by atoms with Crippen LogP contribution in [0.15, 0.2) is 47.5 Å². The highest BCUT2D eigenvalue weighted by Crippen LogP contribution is 2.52. The standard InChI is InChI=1S/C26H35N5O2/c1-2-27-26(29-16-21-9-6-13-30(21)17-18-7-4-3-5-8-18)28-12-14-31-24(32)22-19-10-11-20(15-19)23(22)25(31)33/h3-5,7-8,10-11,19-23H,2,6,9,12-17H2,1H3,(H2,27,28,29). The Bertz CT molecular complexity index is 900. The van der Waals surface area contributed by atoms with Crippen molar-refractivity contribution in [1.29, 1.82) is 0 Å². The van der Waals surface area contributed by atoms with Gasteiger partial charge in [0.25, 0.3) is 0 Å². The lowest BCUT2D eigenvalue weighted by Crippen LogP contribution is -2.44. The number of nitrogens with zero attached hydrogens (tertiary/aromatic N) is 3. The van der Waals surface area contributed by atoms with Gasteiger partial charge in [0.2, 0.25) is 11.8 Å². The van der Waals surface area contributed by atoms with E-state index >= 15 is 0 Å². The lowest BCUT2D eigenvalue weighted by atomic mass is 9.85. The number of amides is 2. The molecule has 1 saturated carbocycles. The van der Waals surface area contributed by atoms with Gasteiger partial charge < -0.3 is 10.6 Å². The normalized spacial score (nSPS) is 31.0. The molecule has 3 fully saturated rings. The van der Waals surface area contributed by atoms with Crippen LogP contribution in [-0.4, -0.2) is 66.3 Å². The van der Waals surface area contributed by atoms with Gasteiger partial charge in [0.05, 0.1) is 18.4 Å². The lowest BCUT2D eigenvalue weighted by Gasteiger charge is -2.24. The molecule has 176 valence electrons. The maximum absolute atomic E-state index is 12.9. The van der Waals surface area contributed by atoms with Crippen LogP contribution in [0.3, 0.4) is 0 Å². The molecule has 2 N–H and O–H groups in total. The molecule has 5 atom stereocenters. The summed E-state index contributed by atoms with van der Waals surface area (Å²) in [5, 5.41) is 6.64. The molecule has 2 bridgehead atoms. The highest BCUT2D eigenvalue weighted by atomic mass is 16.2. The zero-order valence-electron chi connectivity index (χ0n) is 19.5. The Morgan fingerprint density at radius 1 is 1.06 bits per heavy atom. The summed E-state index contributed by atoms with van der Waals surface area (Å²) in [6.07, 6.45) is 7.61. The van der Waals surface area contributed by atoms with Crippen molar-refractivity contribution in [2.45, 2.75) is 38.8 Å². The van der Waals surface area contributed by atoms with Crippen molar-refractivity contribution in [3.05, 3.63) is 48.0 Å². The molecule has 0 radical (unpaired) electrons. The molecule has 7 heteroatoms. The summed E-state index contributed by atoms with van der Waals surface area (Å²) in [5.74, 6) is 1.09. The number of hydrogen-bond donors (Lipinski definition) is 2. The SMILES string of the molecule is CCNC(=NCC1CCCN1Cc1ccccc1)NCCN1C(=O)C2C3C=CC(C3)C2C1=O. The lowest BCUT2D eigenvalue weighted by molar-refractivity contribution is -0.140. The first-order valence-corrected chi connectivity index (χ1v) is 12.5. The number of nitrogens with one attached hydrogen (secondary N) is 2. The molecule has 0 aromatic heterocycles. The maximum atomic E-state index is 12.9. The third kappa shape index (κ3) is 4.43. The first-order chi connectivity index (χ1) is 16.2. The first-order valence-electron chi connectivity index (χ1n) is 12.5. The van der Waals surface area contributed by atoms with Gasteiger partial charge in [0.15, 0.2) is 5.96 Å². The Hall–Kier alpha value is -2.67. The third-order valence-electron chi connectivity index (χ3n) is 7.72. The summed E-state index contributed by atoms with van der Waals surface area (Å²) in [7, 11) is 0. The van der Waals surface area contributed by atoms with Crippen LogP contribution in [0.25, 0.3) is 0 Å². The zero-order chi connectivity index (χ0) is 22.8. The first kappa shape index (κ1) is 22.1. The molecule has 4 aliphatic rings. The van der Waals surface area contributed by atoms with E-state index < -0.39 is 0 Å². The molecule has 7 nitrogen and oxygen atoms in total. The number of guanidine groups is 1. The summed E-state index contributed by atoms with van der Waals surface area (Å²) in [6.45, 7) is 6.54. The quantitative estimate of drug-likeness (QED) is 0.275. The van der Waals surface area contributed by atoms with Gasteiger partial charge in [-0.25, -0.2) is 0 Å². The minimum Gasteiger partial charge on any atom is -0.357 e. The van der Waals surface area contributed by atoms with Crippen LogP contribution in [0.2, 0.25) is 0 Å². The number of allylic oxidation sites excluding steroid dienone is 2. The van der Waals surface area contributed by atoms with Gasteiger partial charge in [-0.1, -0.05) is 42.5 Å². The average Bonchev–Trinajstić information content (AvgIpc) is 3.60. The molecular formula is C26H35N5O2. The molecule has 0 spiro atoms. The molecular weight excluding hydrogens is 414 g/mol. The highest BCUT2D eigenvalue weighted by molar-refractivity contribution is 6.06. The number of fused-ring (bicyclic) bond motifs is 5. The molecule has 1 aromatic carbocycles. The molecule has 5 unspecified atom stereocenters. The van der Waals surface area contributed by atoms with E-state index in [4.69, 9.17) is 4.99 Å². The second-order valence-corrected chi connectivity index (χ2v) is 9.73. The fourth-order valence-corrected chi connectivity index (χ4v) is 6.14. The van der Waals surface area contributed by atoms with Crippen molar-refractivity contribution in [2.75, 3.05) is 32.7 Å². The molecule has 2 amide bonds. The summed E-state index contributed by atoms with van der Waals surface area (Å²) in [4.78, 5) is 34.6. The van der Waals surface area contributed by atoms with E-state index in [1.54, 1.807) is 0 Å². The molecule has 2 aliphatic carbocycles. The van der Waals surface area contributed by atoms with Gasteiger partial charge in [-0.3, -0.25) is 24.4 Å². The van der Waals surface area contributed by atoms with E-state index in [0.717, 1.165) is 45.0 Å². The van der Waals surface area contributed by atoms with E-state index in [2.05, 4.69) is 58.0 Å². The van der Waals surface area contributed by atoms with Crippen molar-refractivity contribution in [1.82, 2.24) is 20.4 Å². The molecule has 2 heterocycles. The second-order valence-electron chi connectivity index (χ2n) is 9.73. The van der Waals surface area contributed by atoms with Crippen LogP contribution >= 0.6 is 0 Å². The van der Waals surface area contributed by atoms with Crippen molar-refractivity contribution < 1.29 is 9.59 Å². The van der Waals surface area contributed by atoms with Gasteiger partial charge >= 0.3 is 0 Å². The van der Waals surface area contributed by atoms with E-state index in [9.17, 15) is 9.59 Å². The Morgan fingerprint density at radius 3 is 2.48 bits per heavy atom. The van der Waals surface area contributed by atoms with Crippen LogP contribution < -0.4 is 10.6 Å². The topological polar surface area (TPSA) is 77.0 Å². The summed E-state index contributed by atoms with van der Waals surface area (Å²) >= 11 is 0. The van der Waals surface area contributed by atoms with Crippen molar-refractivity contribution in [2.24, 2.45) is 28.7 Å². The molecule has 2 saturated heterocycles. The fourth-order valence-electron chi connectivity index (χ4n) is 6.14. The van der Waals surface area contributed by atoms with Crippen LogP contribution in [-0.2, 0) is 16.1 Å². The Labute approximate surface area is 196 Å². The van der Waals surface area contributed by atoms with Gasteiger partial charge in [0, 0.05) is 32.2 Å². The number of imide groups is 1. The molecule has 1 aromatic rings. The number of carbonyl (C=O) groups is 2. The number of rotatable bonds is 8. The molecule has 33 heavy (non-hydrogen) atoms. The number of benzene rings is 1. The van der Waals surface area contributed by atoms with E-state index in [1.807, 2.05) is 6.92 Å². The predicted molar refractivity (Wildman–Crippen MR) is 128 cm³/mol.